The average molecular weight is 148 g/mol. The molecule has 0 saturated carbocycles. The van der Waals surface area contributed by atoms with Gasteiger partial charge in [0.05, 0.1) is 0 Å². The zero-order valence-electron chi connectivity index (χ0n) is 3.03. The third-order valence-corrected chi connectivity index (χ3v) is 1.10. The van der Waals surface area contributed by atoms with Crippen LogP contribution in [0.5, 0.6) is 0 Å². The second-order valence-corrected chi connectivity index (χ2v) is 3.01. The highest BCUT2D eigenvalue weighted by atomic mass is 33.2. The summed E-state index contributed by atoms with van der Waals surface area (Å²) in [5, 5.41) is 0. The van der Waals surface area contributed by atoms with E-state index in [9.17, 15) is 8.42 Å². The van der Waals surface area contributed by atoms with Gasteiger partial charge in [0.25, 0.3) is 20.2 Å². The Bertz CT molecular complexity index is 72.1. The molecule has 5 nitrogen and oxygen atoms in total. The van der Waals surface area contributed by atoms with Gasteiger partial charge >= 0.3 is 0 Å². The van der Waals surface area contributed by atoms with Gasteiger partial charge in [0, 0.05) is 0 Å². The van der Waals surface area contributed by atoms with E-state index in [0.717, 1.165) is 0 Å². The lowest BCUT2D eigenvalue weighted by atomic mass is 15.9. The van der Waals surface area contributed by atoms with Crippen LogP contribution in [-0.2, 0) is 20.2 Å². The zero-order valence-corrected chi connectivity index (χ0v) is 4.66. The Morgan fingerprint density at radius 2 is 1.14 bits per heavy atom. The van der Waals surface area contributed by atoms with Crippen molar-refractivity contribution in [2.45, 2.75) is 0 Å². The van der Waals surface area contributed by atoms with Gasteiger partial charge in [-0.25, -0.2) is 8.42 Å². The summed E-state index contributed by atoms with van der Waals surface area (Å²) >= 11 is 0. The molecule has 7 heavy (non-hydrogen) atoms. The van der Waals surface area contributed by atoms with Crippen LogP contribution in [0.2, 0.25) is 0 Å². The molecular formula is H4O5S2. The Morgan fingerprint density at radius 1 is 1.00 bits per heavy atom. The maximum atomic E-state index is 9.26. The molecule has 0 aliphatic rings. The summed E-state index contributed by atoms with van der Waals surface area (Å²) in [5.41, 5.74) is 0. The van der Waals surface area contributed by atoms with E-state index in [2.05, 4.69) is 0 Å². The van der Waals surface area contributed by atoms with Crippen molar-refractivity contribution in [1.82, 2.24) is 0 Å². The first-order chi connectivity index (χ1) is 2.64. The van der Waals surface area contributed by atoms with Crippen LogP contribution in [0.1, 0.15) is 0 Å². The van der Waals surface area contributed by atoms with Crippen LogP contribution in [0, 0.1) is 0 Å². The molecule has 0 aromatic heterocycles. The van der Waals surface area contributed by atoms with E-state index >= 15 is 0 Å². The minimum Gasteiger partial charge on any atom is -0.412 e. The topological polar surface area (TPSA) is 106 Å². The molecule has 0 radical (unpaired) electrons. The fourth-order valence-corrected chi connectivity index (χ4v) is 0. The molecule has 0 heterocycles. The lowest BCUT2D eigenvalue weighted by molar-refractivity contribution is 0.548. The molecule has 7 heteroatoms. The standard InChI is InChI=1S/H2O4S2.H2O/c1-5(2)6(3)4;/h(H,1,2)(H,3,4);1H2. The molecule has 0 bridgehead atoms. The summed E-state index contributed by atoms with van der Waals surface area (Å²) in [6, 6.07) is 0. The molecule has 0 saturated heterocycles. The Labute approximate surface area is 44.0 Å². The van der Waals surface area contributed by atoms with Gasteiger partial charge in [-0.2, -0.15) is 0 Å². The van der Waals surface area contributed by atoms with Crippen molar-refractivity contribution in [1.29, 1.82) is 0 Å². The van der Waals surface area contributed by atoms with Crippen molar-refractivity contribution >= 4 is 20.2 Å². The number of hydrogen-bond acceptors (Lipinski definition) is 2. The van der Waals surface area contributed by atoms with E-state index in [1.165, 1.54) is 0 Å². The predicted molar refractivity (Wildman–Crippen MR) is 25.2 cm³/mol. The second kappa shape index (κ2) is 4.34. The monoisotopic (exact) mass is 148 g/mol. The summed E-state index contributed by atoms with van der Waals surface area (Å²) < 4.78 is 33.6. The highest BCUT2D eigenvalue weighted by Gasteiger charge is 1.95. The van der Waals surface area contributed by atoms with Crippen LogP contribution < -0.4 is 0 Å². The molecule has 46 valence electrons. The minimum atomic E-state index is -2.59. The Hall–Kier alpha value is 0.180. The van der Waals surface area contributed by atoms with E-state index in [-0.39, 0.29) is 5.48 Å². The van der Waals surface area contributed by atoms with Gasteiger partial charge in [0.15, 0.2) is 0 Å². The van der Waals surface area contributed by atoms with Gasteiger partial charge in [-0.1, -0.05) is 0 Å². The third kappa shape index (κ3) is 6.18. The Morgan fingerprint density at radius 3 is 1.14 bits per heavy atom. The molecule has 0 aromatic carbocycles. The summed E-state index contributed by atoms with van der Waals surface area (Å²) in [6.45, 7) is 0. The predicted octanol–water partition coefficient (Wildman–Crippen LogP) is -1.48. The summed E-state index contributed by atoms with van der Waals surface area (Å²) in [7, 11) is -5.18. The average Bonchev–Trinajstić information content (AvgIpc) is 1.36. The maximum absolute atomic E-state index is 9.26. The molecule has 4 N–H and O–H groups in total. The number of rotatable bonds is 1. The van der Waals surface area contributed by atoms with Crippen LogP contribution in [-0.4, -0.2) is 23.0 Å². The highest BCUT2D eigenvalue weighted by molar-refractivity contribution is 8.56. The first kappa shape index (κ1) is 10.2. The second-order valence-electron chi connectivity index (χ2n) is 0.434. The van der Waals surface area contributed by atoms with Crippen molar-refractivity contribution in [3.8, 4) is 0 Å². The molecule has 0 fully saturated rings. The van der Waals surface area contributed by atoms with Crippen molar-refractivity contribution in [2.24, 2.45) is 0 Å². The fourth-order valence-electron chi connectivity index (χ4n) is 0. The van der Waals surface area contributed by atoms with Crippen LogP contribution in [0.4, 0.5) is 0 Å². The van der Waals surface area contributed by atoms with Crippen LogP contribution in [0.25, 0.3) is 0 Å². The smallest absolute Gasteiger partial charge is 0.274 e. The van der Waals surface area contributed by atoms with Crippen molar-refractivity contribution in [3.63, 3.8) is 0 Å². The van der Waals surface area contributed by atoms with Crippen LogP contribution in [0.15, 0.2) is 0 Å². The van der Waals surface area contributed by atoms with E-state index in [1.807, 2.05) is 0 Å². The van der Waals surface area contributed by atoms with Gasteiger partial charge in [0.1, 0.15) is 0 Å². The molecule has 2 atom stereocenters. The van der Waals surface area contributed by atoms with Gasteiger partial charge in [-0.15, -0.1) is 0 Å². The van der Waals surface area contributed by atoms with Gasteiger partial charge in [0.2, 0.25) is 0 Å². The third-order valence-electron chi connectivity index (χ3n) is 0.122. The normalized spacial score (nSPS) is 16.9. The lowest BCUT2D eigenvalue weighted by Gasteiger charge is -1.74. The quantitative estimate of drug-likeness (QED) is 0.349. The van der Waals surface area contributed by atoms with E-state index in [4.69, 9.17) is 9.11 Å². The molecule has 0 aliphatic carbocycles. The molecule has 2 unspecified atom stereocenters. The van der Waals surface area contributed by atoms with Crippen LogP contribution in [0.3, 0.4) is 0 Å². The molecular weight excluding hydrogens is 144 g/mol. The fraction of sp³-hybridized carbons (Fsp3) is 0. The van der Waals surface area contributed by atoms with Gasteiger partial charge in [-0.3, -0.25) is 9.11 Å². The first-order valence-electron chi connectivity index (χ1n) is 0.865. The summed E-state index contributed by atoms with van der Waals surface area (Å²) in [5.74, 6) is 0. The molecule has 0 aromatic rings. The summed E-state index contributed by atoms with van der Waals surface area (Å²) in [4.78, 5) is 0. The van der Waals surface area contributed by atoms with Crippen molar-refractivity contribution in [2.75, 3.05) is 0 Å². The zero-order chi connectivity index (χ0) is 5.15. The van der Waals surface area contributed by atoms with E-state index in [1.54, 1.807) is 0 Å². The molecule has 0 rings (SSSR count). The van der Waals surface area contributed by atoms with Crippen molar-refractivity contribution < 1.29 is 23.0 Å². The molecule has 0 amide bonds. The van der Waals surface area contributed by atoms with Gasteiger partial charge < -0.3 is 5.48 Å². The van der Waals surface area contributed by atoms with E-state index < -0.39 is 20.2 Å². The lowest BCUT2D eigenvalue weighted by Crippen LogP contribution is -1.93. The highest BCUT2D eigenvalue weighted by Crippen LogP contribution is 1.74. The minimum absolute atomic E-state index is 0. The summed E-state index contributed by atoms with van der Waals surface area (Å²) in [6.07, 6.45) is 0. The Kier molecular flexibility index (Phi) is 6.34. The Balaban J connectivity index is 0. The van der Waals surface area contributed by atoms with Gasteiger partial charge in [-0.05, 0) is 0 Å². The van der Waals surface area contributed by atoms with Crippen LogP contribution >= 0.6 is 0 Å². The molecule has 0 aliphatic heterocycles. The maximum Gasteiger partial charge on any atom is 0.274 e. The largest absolute Gasteiger partial charge is 0.412 e. The van der Waals surface area contributed by atoms with Crippen molar-refractivity contribution in [3.05, 3.63) is 0 Å². The van der Waals surface area contributed by atoms with E-state index in [0.29, 0.717) is 0 Å². The molecule has 0 spiro atoms. The SMILES string of the molecule is O.O=S(O)S(=O)O. The first-order valence-corrected chi connectivity index (χ1v) is 3.60. The number of hydrogen-bond donors (Lipinski definition) is 2.